The van der Waals surface area contributed by atoms with Gasteiger partial charge in [0.15, 0.2) is 0 Å². The summed E-state index contributed by atoms with van der Waals surface area (Å²) in [5.74, 6) is 1.43. The minimum atomic E-state index is -0.266. The number of carbonyl (C=O) groups excluding carboxylic acids is 1. The van der Waals surface area contributed by atoms with Gasteiger partial charge < -0.3 is 15.4 Å². The van der Waals surface area contributed by atoms with Crippen molar-refractivity contribution in [1.82, 2.24) is 15.3 Å². The highest BCUT2D eigenvalue weighted by Crippen LogP contribution is 2.16. The molecule has 1 aromatic carbocycles. The number of benzene rings is 1. The first kappa shape index (κ1) is 15.8. The molecule has 0 saturated heterocycles. The van der Waals surface area contributed by atoms with E-state index in [1.165, 1.54) is 0 Å². The van der Waals surface area contributed by atoms with Gasteiger partial charge in [-0.2, -0.15) is 0 Å². The van der Waals surface area contributed by atoms with E-state index in [-0.39, 0.29) is 6.03 Å². The van der Waals surface area contributed by atoms with Crippen LogP contribution < -0.4 is 15.4 Å². The van der Waals surface area contributed by atoms with Gasteiger partial charge in [-0.05, 0) is 32.0 Å². The topological polar surface area (TPSA) is 76.1 Å². The number of nitrogens with one attached hydrogen (secondary N) is 2. The normalized spacial score (nSPS) is 10.1. The summed E-state index contributed by atoms with van der Waals surface area (Å²) in [5, 5.41) is 5.54. The van der Waals surface area contributed by atoms with Gasteiger partial charge in [0.1, 0.15) is 11.6 Å². The first-order chi connectivity index (χ1) is 10.6. The molecule has 0 bridgehead atoms. The summed E-state index contributed by atoms with van der Waals surface area (Å²) in [5.41, 5.74) is 2.55. The maximum absolute atomic E-state index is 11.8. The zero-order valence-electron chi connectivity index (χ0n) is 13.0. The van der Waals surface area contributed by atoms with Crippen LogP contribution in [0.4, 0.5) is 10.5 Å². The zero-order valence-corrected chi connectivity index (χ0v) is 13.0. The molecule has 6 nitrogen and oxygen atoms in total. The molecule has 1 heterocycles. The molecule has 2 aromatic rings. The number of methoxy groups -OCH3 is 1. The van der Waals surface area contributed by atoms with Crippen molar-refractivity contribution >= 4 is 11.7 Å². The first-order valence-electron chi connectivity index (χ1n) is 7.07. The number of hydrogen-bond acceptors (Lipinski definition) is 4. The fourth-order valence-corrected chi connectivity index (χ4v) is 2.07. The molecule has 2 rings (SSSR count). The third-order valence-corrected chi connectivity index (χ3v) is 2.99. The fraction of sp³-hybridized carbons (Fsp3) is 0.312. The van der Waals surface area contributed by atoms with Gasteiger partial charge in [-0.1, -0.05) is 6.07 Å². The fourth-order valence-electron chi connectivity index (χ4n) is 2.07. The van der Waals surface area contributed by atoms with Crippen molar-refractivity contribution in [2.45, 2.75) is 20.3 Å². The molecule has 116 valence electrons. The van der Waals surface area contributed by atoms with Gasteiger partial charge in [0.2, 0.25) is 0 Å². The van der Waals surface area contributed by atoms with Crippen LogP contribution in [0.1, 0.15) is 17.2 Å². The molecule has 0 atom stereocenters. The Hall–Kier alpha value is -2.63. The summed E-state index contributed by atoms with van der Waals surface area (Å²) in [6.45, 7) is 4.33. The van der Waals surface area contributed by atoms with Crippen LogP contribution in [0.5, 0.6) is 5.75 Å². The minimum Gasteiger partial charge on any atom is -0.497 e. The van der Waals surface area contributed by atoms with Crippen LogP contribution in [0.15, 0.2) is 30.3 Å². The van der Waals surface area contributed by atoms with Crippen LogP contribution >= 0.6 is 0 Å². The van der Waals surface area contributed by atoms with E-state index in [9.17, 15) is 4.79 Å². The number of rotatable bonds is 5. The average molecular weight is 300 g/mol. The van der Waals surface area contributed by atoms with Crippen molar-refractivity contribution in [3.8, 4) is 5.75 Å². The standard InChI is InChI=1S/C16H20N4O2/c1-11-9-12(2)19-15(18-11)7-8-17-16(21)20-13-5-4-6-14(10-13)22-3/h4-6,9-10H,7-8H2,1-3H3,(H2,17,20,21). The Morgan fingerprint density at radius 3 is 2.59 bits per heavy atom. The number of nitrogens with zero attached hydrogens (tertiary/aromatic N) is 2. The van der Waals surface area contributed by atoms with Crippen molar-refractivity contribution in [3.05, 3.63) is 47.5 Å². The maximum Gasteiger partial charge on any atom is 0.319 e. The van der Waals surface area contributed by atoms with Crippen LogP contribution in [-0.2, 0) is 6.42 Å². The molecular formula is C16H20N4O2. The molecule has 0 saturated carbocycles. The van der Waals surface area contributed by atoms with E-state index in [1.54, 1.807) is 19.2 Å². The summed E-state index contributed by atoms with van der Waals surface area (Å²) < 4.78 is 5.11. The number of hydrogen-bond donors (Lipinski definition) is 2. The van der Waals surface area contributed by atoms with Gasteiger partial charge in [-0.25, -0.2) is 14.8 Å². The van der Waals surface area contributed by atoms with Crippen molar-refractivity contribution < 1.29 is 9.53 Å². The number of urea groups is 1. The summed E-state index contributed by atoms with van der Waals surface area (Å²) in [4.78, 5) is 20.5. The molecule has 0 aliphatic rings. The van der Waals surface area contributed by atoms with Gasteiger partial charge in [-0.3, -0.25) is 0 Å². The summed E-state index contributed by atoms with van der Waals surface area (Å²) in [7, 11) is 1.59. The molecule has 0 fully saturated rings. The van der Waals surface area contributed by atoms with Crippen LogP contribution in [0.2, 0.25) is 0 Å². The highest BCUT2D eigenvalue weighted by Gasteiger charge is 2.04. The lowest BCUT2D eigenvalue weighted by Crippen LogP contribution is -2.30. The summed E-state index contributed by atoms with van der Waals surface area (Å²) in [6, 6.07) is 8.85. The molecule has 2 N–H and O–H groups in total. The summed E-state index contributed by atoms with van der Waals surface area (Å²) in [6.07, 6.45) is 0.591. The molecule has 1 aromatic heterocycles. The number of carbonyl (C=O) groups is 1. The van der Waals surface area contributed by atoms with E-state index >= 15 is 0 Å². The second-order valence-electron chi connectivity index (χ2n) is 4.93. The van der Waals surface area contributed by atoms with E-state index in [0.29, 0.717) is 24.4 Å². The molecule has 2 amide bonds. The van der Waals surface area contributed by atoms with E-state index < -0.39 is 0 Å². The Kier molecular flexibility index (Phi) is 5.30. The van der Waals surface area contributed by atoms with Gasteiger partial charge in [-0.15, -0.1) is 0 Å². The van der Waals surface area contributed by atoms with Crippen molar-refractivity contribution in [2.75, 3.05) is 19.0 Å². The van der Waals surface area contributed by atoms with E-state index in [2.05, 4.69) is 20.6 Å². The van der Waals surface area contributed by atoms with E-state index in [4.69, 9.17) is 4.74 Å². The molecular weight excluding hydrogens is 280 g/mol. The second kappa shape index (κ2) is 7.40. The van der Waals surface area contributed by atoms with Gasteiger partial charge in [0, 0.05) is 36.1 Å². The Morgan fingerprint density at radius 1 is 1.18 bits per heavy atom. The highest BCUT2D eigenvalue weighted by atomic mass is 16.5. The average Bonchev–Trinajstić information content (AvgIpc) is 2.46. The van der Waals surface area contributed by atoms with Crippen LogP contribution in [-0.4, -0.2) is 29.7 Å². The number of anilines is 1. The lowest BCUT2D eigenvalue weighted by atomic mass is 10.3. The second-order valence-corrected chi connectivity index (χ2v) is 4.93. The Bertz CT molecular complexity index is 638. The molecule has 22 heavy (non-hydrogen) atoms. The summed E-state index contributed by atoms with van der Waals surface area (Å²) >= 11 is 0. The molecule has 0 aliphatic carbocycles. The Morgan fingerprint density at radius 2 is 1.91 bits per heavy atom. The van der Waals surface area contributed by atoms with E-state index in [1.807, 2.05) is 32.0 Å². The first-order valence-corrected chi connectivity index (χ1v) is 7.07. The van der Waals surface area contributed by atoms with E-state index in [0.717, 1.165) is 17.2 Å². The molecule has 0 radical (unpaired) electrons. The van der Waals surface area contributed by atoms with Crippen molar-refractivity contribution in [1.29, 1.82) is 0 Å². The van der Waals surface area contributed by atoms with Gasteiger partial charge >= 0.3 is 6.03 Å². The maximum atomic E-state index is 11.8. The van der Waals surface area contributed by atoms with Crippen LogP contribution in [0.3, 0.4) is 0 Å². The van der Waals surface area contributed by atoms with Gasteiger partial charge in [0.05, 0.1) is 7.11 Å². The Balaban J connectivity index is 1.82. The van der Waals surface area contributed by atoms with Crippen molar-refractivity contribution in [3.63, 3.8) is 0 Å². The number of ether oxygens (including phenoxy) is 1. The minimum absolute atomic E-state index is 0.266. The predicted molar refractivity (Wildman–Crippen MR) is 85.2 cm³/mol. The molecule has 6 heteroatoms. The Labute approximate surface area is 129 Å². The number of aromatic nitrogens is 2. The zero-order chi connectivity index (χ0) is 15.9. The highest BCUT2D eigenvalue weighted by molar-refractivity contribution is 5.89. The molecule has 0 unspecified atom stereocenters. The SMILES string of the molecule is COc1cccc(NC(=O)NCCc2nc(C)cc(C)n2)c1. The monoisotopic (exact) mass is 300 g/mol. The number of aryl methyl sites for hydroxylation is 2. The predicted octanol–water partition coefficient (Wildman–Crippen LogP) is 2.47. The lowest BCUT2D eigenvalue weighted by molar-refractivity contribution is 0.252. The lowest BCUT2D eigenvalue weighted by Gasteiger charge is -2.09. The van der Waals surface area contributed by atoms with Crippen LogP contribution in [0.25, 0.3) is 0 Å². The van der Waals surface area contributed by atoms with Gasteiger partial charge in [0.25, 0.3) is 0 Å². The third-order valence-electron chi connectivity index (χ3n) is 2.99. The number of amides is 2. The van der Waals surface area contributed by atoms with Crippen molar-refractivity contribution in [2.24, 2.45) is 0 Å². The molecule has 0 spiro atoms. The largest absolute Gasteiger partial charge is 0.497 e. The third kappa shape index (κ3) is 4.73. The smallest absolute Gasteiger partial charge is 0.319 e. The van der Waals surface area contributed by atoms with Crippen LogP contribution in [0, 0.1) is 13.8 Å². The molecule has 0 aliphatic heterocycles. The quantitative estimate of drug-likeness (QED) is 0.889.